The topological polar surface area (TPSA) is 21.3 Å². The predicted octanol–water partition coefficient (Wildman–Crippen LogP) is 4.26. The molecule has 0 aromatic heterocycles. The van der Waals surface area contributed by atoms with E-state index in [0.717, 1.165) is 23.3 Å². The molecule has 2 unspecified atom stereocenters. The third kappa shape index (κ3) is 2.51. The number of benzene rings is 2. The first-order valence-electron chi connectivity index (χ1n) is 6.56. The van der Waals surface area contributed by atoms with Crippen molar-refractivity contribution < 1.29 is 9.13 Å². The van der Waals surface area contributed by atoms with Gasteiger partial charge in [-0.25, -0.2) is 4.39 Å². The van der Waals surface area contributed by atoms with E-state index >= 15 is 0 Å². The Balaban J connectivity index is 1.94. The first-order valence-corrected chi connectivity index (χ1v) is 6.94. The summed E-state index contributed by atoms with van der Waals surface area (Å²) in [6.07, 6.45) is 0.705. The first kappa shape index (κ1) is 13.4. The summed E-state index contributed by atoms with van der Waals surface area (Å²) in [5.41, 5.74) is 2.05. The molecule has 1 heterocycles. The molecule has 4 heteroatoms. The van der Waals surface area contributed by atoms with E-state index < -0.39 is 0 Å². The van der Waals surface area contributed by atoms with E-state index in [-0.39, 0.29) is 18.0 Å². The Hall–Kier alpha value is -1.58. The Morgan fingerprint density at radius 1 is 1.20 bits per heavy atom. The van der Waals surface area contributed by atoms with Gasteiger partial charge in [-0.15, -0.1) is 0 Å². The normalized spacial score (nSPS) is 21.1. The van der Waals surface area contributed by atoms with Crippen molar-refractivity contribution in [2.45, 2.75) is 18.6 Å². The largest absolute Gasteiger partial charge is 0.485 e. The molecule has 2 atom stereocenters. The molecule has 0 saturated heterocycles. The standard InChI is InChI=1S/C16H15ClFNO/c1-19-14-9-16(10-2-5-12(18)6-3-10)20-15-7-4-11(17)8-13(14)15/h2-8,14,16,19H,9H2,1H3. The van der Waals surface area contributed by atoms with Crippen LogP contribution < -0.4 is 10.1 Å². The van der Waals surface area contributed by atoms with E-state index in [2.05, 4.69) is 5.32 Å². The lowest BCUT2D eigenvalue weighted by Gasteiger charge is -2.32. The minimum Gasteiger partial charge on any atom is -0.485 e. The van der Waals surface area contributed by atoms with Gasteiger partial charge in [-0.05, 0) is 42.9 Å². The highest BCUT2D eigenvalue weighted by Crippen LogP contribution is 2.41. The van der Waals surface area contributed by atoms with Crippen LogP contribution >= 0.6 is 11.6 Å². The molecule has 1 aliphatic heterocycles. The zero-order valence-electron chi connectivity index (χ0n) is 11.1. The molecule has 0 radical (unpaired) electrons. The smallest absolute Gasteiger partial charge is 0.126 e. The number of nitrogens with one attached hydrogen (secondary N) is 1. The van der Waals surface area contributed by atoms with Crippen LogP contribution in [0.1, 0.15) is 29.7 Å². The van der Waals surface area contributed by atoms with Gasteiger partial charge >= 0.3 is 0 Å². The van der Waals surface area contributed by atoms with E-state index in [1.807, 2.05) is 25.2 Å². The van der Waals surface area contributed by atoms with Crippen LogP contribution in [0.25, 0.3) is 0 Å². The highest BCUT2D eigenvalue weighted by Gasteiger charge is 2.28. The number of halogens is 2. The fraction of sp³-hybridized carbons (Fsp3) is 0.250. The highest BCUT2D eigenvalue weighted by molar-refractivity contribution is 6.30. The lowest BCUT2D eigenvalue weighted by atomic mass is 9.93. The van der Waals surface area contributed by atoms with Gasteiger partial charge in [0.25, 0.3) is 0 Å². The van der Waals surface area contributed by atoms with Gasteiger partial charge < -0.3 is 10.1 Å². The van der Waals surface area contributed by atoms with Gasteiger partial charge in [0, 0.05) is 23.0 Å². The molecule has 20 heavy (non-hydrogen) atoms. The molecule has 2 nitrogen and oxygen atoms in total. The number of hydrogen-bond acceptors (Lipinski definition) is 2. The predicted molar refractivity (Wildman–Crippen MR) is 77.6 cm³/mol. The van der Waals surface area contributed by atoms with Crippen molar-refractivity contribution in [1.82, 2.24) is 5.32 Å². The van der Waals surface area contributed by atoms with Gasteiger partial charge in [-0.2, -0.15) is 0 Å². The van der Waals surface area contributed by atoms with Crippen molar-refractivity contribution in [3.05, 3.63) is 64.4 Å². The van der Waals surface area contributed by atoms with E-state index in [9.17, 15) is 4.39 Å². The van der Waals surface area contributed by atoms with Crippen LogP contribution in [-0.2, 0) is 0 Å². The summed E-state index contributed by atoms with van der Waals surface area (Å²) >= 11 is 6.04. The third-order valence-corrected chi connectivity index (χ3v) is 3.89. The molecule has 3 rings (SSSR count). The number of rotatable bonds is 2. The summed E-state index contributed by atoms with van der Waals surface area (Å²) in [5, 5.41) is 3.99. The van der Waals surface area contributed by atoms with E-state index in [1.54, 1.807) is 12.1 Å². The van der Waals surface area contributed by atoms with Crippen molar-refractivity contribution in [3.8, 4) is 5.75 Å². The van der Waals surface area contributed by atoms with Crippen LogP contribution in [0.3, 0.4) is 0 Å². The highest BCUT2D eigenvalue weighted by atomic mass is 35.5. The van der Waals surface area contributed by atoms with Crippen molar-refractivity contribution in [2.24, 2.45) is 0 Å². The second kappa shape index (κ2) is 5.43. The Kier molecular flexibility index (Phi) is 3.64. The van der Waals surface area contributed by atoms with Crippen LogP contribution in [0.15, 0.2) is 42.5 Å². The minimum atomic E-state index is -0.234. The summed E-state index contributed by atoms with van der Waals surface area (Å²) in [4.78, 5) is 0. The average Bonchev–Trinajstić information content (AvgIpc) is 2.47. The monoisotopic (exact) mass is 291 g/mol. The average molecular weight is 292 g/mol. The summed E-state index contributed by atoms with van der Waals surface area (Å²) in [5.74, 6) is 0.594. The number of hydrogen-bond donors (Lipinski definition) is 1. The van der Waals surface area contributed by atoms with Crippen molar-refractivity contribution >= 4 is 11.6 Å². The Morgan fingerprint density at radius 2 is 1.95 bits per heavy atom. The molecule has 0 fully saturated rings. The molecular formula is C16H15ClFNO. The quantitative estimate of drug-likeness (QED) is 0.892. The Morgan fingerprint density at radius 3 is 2.65 bits per heavy atom. The van der Waals surface area contributed by atoms with Crippen molar-refractivity contribution in [3.63, 3.8) is 0 Å². The summed E-state index contributed by atoms with van der Waals surface area (Å²) in [7, 11) is 1.92. The number of fused-ring (bicyclic) bond motifs is 1. The van der Waals surface area contributed by atoms with Gasteiger partial charge in [0.1, 0.15) is 17.7 Å². The molecule has 0 aliphatic carbocycles. The van der Waals surface area contributed by atoms with Crippen molar-refractivity contribution in [2.75, 3.05) is 7.05 Å². The van der Waals surface area contributed by atoms with Crippen LogP contribution in [0.4, 0.5) is 4.39 Å². The van der Waals surface area contributed by atoms with Gasteiger partial charge in [-0.3, -0.25) is 0 Å². The fourth-order valence-electron chi connectivity index (χ4n) is 2.60. The Bertz CT molecular complexity index is 614. The van der Waals surface area contributed by atoms with Crippen LogP contribution in [0.2, 0.25) is 5.02 Å². The summed E-state index contributed by atoms with van der Waals surface area (Å²) < 4.78 is 19.0. The van der Waals surface area contributed by atoms with E-state index in [1.165, 1.54) is 12.1 Å². The summed E-state index contributed by atoms with van der Waals surface area (Å²) in [6.45, 7) is 0. The molecule has 2 aromatic rings. The molecular weight excluding hydrogens is 277 g/mol. The molecule has 0 spiro atoms. The van der Waals surface area contributed by atoms with Crippen molar-refractivity contribution in [1.29, 1.82) is 0 Å². The second-order valence-corrected chi connectivity index (χ2v) is 5.35. The van der Waals surface area contributed by atoms with E-state index in [4.69, 9.17) is 16.3 Å². The Labute approximate surface area is 122 Å². The maximum Gasteiger partial charge on any atom is 0.126 e. The molecule has 1 aliphatic rings. The zero-order valence-corrected chi connectivity index (χ0v) is 11.8. The molecule has 0 amide bonds. The van der Waals surface area contributed by atoms with E-state index in [0.29, 0.717) is 5.02 Å². The first-order chi connectivity index (χ1) is 9.67. The van der Waals surface area contributed by atoms with Crippen LogP contribution in [0.5, 0.6) is 5.75 Å². The fourth-order valence-corrected chi connectivity index (χ4v) is 2.78. The van der Waals surface area contributed by atoms with Gasteiger partial charge in [0.05, 0.1) is 0 Å². The molecule has 0 saturated carbocycles. The molecule has 1 N–H and O–H groups in total. The number of ether oxygens (including phenoxy) is 1. The summed E-state index contributed by atoms with van der Waals surface area (Å²) in [6, 6.07) is 12.3. The molecule has 104 valence electrons. The maximum absolute atomic E-state index is 13.0. The van der Waals surface area contributed by atoms with Crippen LogP contribution in [0, 0.1) is 5.82 Å². The van der Waals surface area contributed by atoms with Crippen LogP contribution in [-0.4, -0.2) is 7.05 Å². The SMILES string of the molecule is CNC1CC(c2ccc(F)cc2)Oc2ccc(Cl)cc21. The molecule has 2 aromatic carbocycles. The van der Waals surface area contributed by atoms with Gasteiger partial charge in [0.15, 0.2) is 0 Å². The molecule has 0 bridgehead atoms. The second-order valence-electron chi connectivity index (χ2n) is 4.92. The minimum absolute atomic E-state index is 0.0817. The van der Waals surface area contributed by atoms with Gasteiger partial charge in [-0.1, -0.05) is 23.7 Å². The lowest BCUT2D eigenvalue weighted by molar-refractivity contribution is 0.154. The third-order valence-electron chi connectivity index (χ3n) is 3.66. The maximum atomic E-state index is 13.0. The zero-order chi connectivity index (χ0) is 14.1. The van der Waals surface area contributed by atoms with Gasteiger partial charge in [0.2, 0.25) is 0 Å². The lowest BCUT2D eigenvalue weighted by Crippen LogP contribution is -2.26.